The molecule has 0 aliphatic carbocycles. The molecule has 122 valence electrons. The highest BCUT2D eigenvalue weighted by atomic mass is 19.1. The fourth-order valence-electron chi connectivity index (χ4n) is 1.92. The molecule has 0 atom stereocenters. The summed E-state index contributed by atoms with van der Waals surface area (Å²) in [4.78, 5) is 0. The van der Waals surface area contributed by atoms with Gasteiger partial charge in [-0.3, -0.25) is 0 Å². The first kappa shape index (κ1) is 18.4. The number of ether oxygens (including phenoxy) is 2. The molecule has 1 aromatic carbocycles. The zero-order valence-electron chi connectivity index (χ0n) is 14.0. The molecule has 0 radical (unpaired) electrons. The summed E-state index contributed by atoms with van der Waals surface area (Å²) >= 11 is 0. The van der Waals surface area contributed by atoms with Gasteiger partial charge in [0.05, 0.1) is 13.2 Å². The lowest BCUT2D eigenvalue weighted by Crippen LogP contribution is -2.03. The second kappa shape index (κ2) is 11.0. The van der Waals surface area contributed by atoms with Gasteiger partial charge in [-0.25, -0.2) is 4.39 Å². The van der Waals surface area contributed by atoms with Gasteiger partial charge in [-0.2, -0.15) is 0 Å². The molecule has 0 amide bonds. The van der Waals surface area contributed by atoms with Gasteiger partial charge in [-0.1, -0.05) is 20.8 Å². The SMILES string of the molecule is CCCC#CCCc1cc(OCCC)c(OCCC)cc1F. The van der Waals surface area contributed by atoms with Crippen LogP contribution in [0, 0.1) is 17.7 Å². The minimum Gasteiger partial charge on any atom is -0.490 e. The molecule has 0 saturated heterocycles. The molecule has 0 aliphatic rings. The third-order valence-electron chi connectivity index (χ3n) is 3.06. The molecule has 0 bridgehead atoms. The van der Waals surface area contributed by atoms with Crippen LogP contribution in [0.15, 0.2) is 12.1 Å². The standard InChI is InChI=1S/C19H27FO2/c1-4-7-8-9-10-11-16-14-18(21-12-5-2)19(15-17(16)20)22-13-6-3/h14-15H,4-7,10-13H2,1-3H3. The van der Waals surface area contributed by atoms with E-state index < -0.39 is 0 Å². The molecule has 0 saturated carbocycles. The van der Waals surface area contributed by atoms with E-state index in [-0.39, 0.29) is 5.82 Å². The fraction of sp³-hybridized carbons (Fsp3) is 0.579. The Morgan fingerprint density at radius 1 is 0.864 bits per heavy atom. The Morgan fingerprint density at radius 3 is 2.05 bits per heavy atom. The van der Waals surface area contributed by atoms with E-state index in [4.69, 9.17) is 9.47 Å². The second-order valence-electron chi connectivity index (χ2n) is 5.19. The van der Waals surface area contributed by atoms with Crippen molar-refractivity contribution in [2.24, 2.45) is 0 Å². The van der Waals surface area contributed by atoms with Crippen molar-refractivity contribution in [3.63, 3.8) is 0 Å². The van der Waals surface area contributed by atoms with Gasteiger partial charge in [0.15, 0.2) is 11.5 Å². The Kier molecular flexibility index (Phi) is 9.14. The normalized spacial score (nSPS) is 10.0. The first-order valence-electron chi connectivity index (χ1n) is 8.26. The lowest BCUT2D eigenvalue weighted by molar-refractivity contribution is 0.266. The molecule has 1 rings (SSSR count). The summed E-state index contributed by atoms with van der Waals surface area (Å²) in [5.74, 6) is 7.05. The minimum absolute atomic E-state index is 0.243. The summed E-state index contributed by atoms with van der Waals surface area (Å²) in [7, 11) is 0. The molecule has 0 aromatic heterocycles. The van der Waals surface area contributed by atoms with Crippen molar-refractivity contribution in [1.29, 1.82) is 0 Å². The summed E-state index contributed by atoms with van der Waals surface area (Å²) in [5, 5.41) is 0. The zero-order valence-corrected chi connectivity index (χ0v) is 14.0. The number of halogens is 1. The van der Waals surface area contributed by atoms with Crippen LogP contribution in [0.3, 0.4) is 0 Å². The maximum atomic E-state index is 14.2. The van der Waals surface area contributed by atoms with E-state index >= 15 is 0 Å². The molecule has 0 unspecified atom stereocenters. The van der Waals surface area contributed by atoms with Crippen molar-refractivity contribution in [3.8, 4) is 23.3 Å². The minimum atomic E-state index is -0.243. The van der Waals surface area contributed by atoms with Crippen LogP contribution in [0.25, 0.3) is 0 Å². The lowest BCUT2D eigenvalue weighted by Gasteiger charge is -2.14. The van der Waals surface area contributed by atoms with Crippen LogP contribution in [0.2, 0.25) is 0 Å². The molecule has 2 nitrogen and oxygen atoms in total. The largest absolute Gasteiger partial charge is 0.490 e. The predicted molar refractivity (Wildman–Crippen MR) is 89.0 cm³/mol. The van der Waals surface area contributed by atoms with Crippen LogP contribution in [0.1, 0.15) is 58.4 Å². The number of hydrogen-bond donors (Lipinski definition) is 0. The van der Waals surface area contributed by atoms with Gasteiger partial charge in [-0.15, -0.1) is 11.8 Å². The topological polar surface area (TPSA) is 18.5 Å². The summed E-state index contributed by atoms with van der Waals surface area (Å²) in [5.41, 5.74) is 0.640. The molecule has 22 heavy (non-hydrogen) atoms. The Hall–Kier alpha value is -1.69. The van der Waals surface area contributed by atoms with Crippen LogP contribution >= 0.6 is 0 Å². The summed E-state index contributed by atoms with van der Waals surface area (Å²) in [6.45, 7) is 7.32. The van der Waals surface area contributed by atoms with Crippen LogP contribution in [0.5, 0.6) is 11.5 Å². The van der Waals surface area contributed by atoms with E-state index in [1.54, 1.807) is 6.07 Å². The molecular weight excluding hydrogens is 279 g/mol. The Bertz CT molecular complexity index is 500. The van der Waals surface area contributed by atoms with Gasteiger partial charge >= 0.3 is 0 Å². The average molecular weight is 306 g/mol. The Morgan fingerprint density at radius 2 is 1.45 bits per heavy atom. The number of aryl methyl sites for hydroxylation is 1. The third kappa shape index (κ3) is 6.39. The van der Waals surface area contributed by atoms with Crippen LogP contribution in [0.4, 0.5) is 4.39 Å². The van der Waals surface area contributed by atoms with Crippen molar-refractivity contribution in [2.75, 3.05) is 13.2 Å². The third-order valence-corrected chi connectivity index (χ3v) is 3.06. The highest BCUT2D eigenvalue weighted by Gasteiger charge is 2.12. The van der Waals surface area contributed by atoms with Crippen molar-refractivity contribution >= 4 is 0 Å². The van der Waals surface area contributed by atoms with E-state index in [2.05, 4.69) is 18.8 Å². The molecular formula is C19H27FO2. The Balaban J connectivity index is 2.82. The molecule has 0 spiro atoms. The summed E-state index contributed by atoms with van der Waals surface area (Å²) in [6.07, 6.45) is 5.00. The highest BCUT2D eigenvalue weighted by Crippen LogP contribution is 2.31. The predicted octanol–water partition coefficient (Wildman–Crippen LogP) is 5.14. The van der Waals surface area contributed by atoms with Gasteiger partial charge in [0.1, 0.15) is 5.82 Å². The van der Waals surface area contributed by atoms with E-state index in [0.717, 1.165) is 25.7 Å². The van der Waals surface area contributed by atoms with Crippen molar-refractivity contribution in [1.82, 2.24) is 0 Å². The first-order chi connectivity index (χ1) is 10.7. The molecule has 0 N–H and O–H groups in total. The van der Waals surface area contributed by atoms with Crippen molar-refractivity contribution in [3.05, 3.63) is 23.5 Å². The highest BCUT2D eigenvalue weighted by molar-refractivity contribution is 5.44. The smallest absolute Gasteiger partial charge is 0.164 e. The van der Waals surface area contributed by atoms with Gasteiger partial charge in [-0.05, 0) is 37.3 Å². The van der Waals surface area contributed by atoms with Gasteiger partial charge < -0.3 is 9.47 Å². The number of rotatable bonds is 9. The average Bonchev–Trinajstić information content (AvgIpc) is 2.52. The van der Waals surface area contributed by atoms with Gasteiger partial charge in [0.25, 0.3) is 0 Å². The number of unbranched alkanes of at least 4 members (excludes halogenated alkanes) is 1. The van der Waals surface area contributed by atoms with Gasteiger partial charge in [0.2, 0.25) is 0 Å². The maximum Gasteiger partial charge on any atom is 0.164 e. The van der Waals surface area contributed by atoms with Crippen LogP contribution in [-0.4, -0.2) is 13.2 Å². The summed E-state index contributed by atoms with van der Waals surface area (Å²) in [6, 6.07) is 3.20. The fourth-order valence-corrected chi connectivity index (χ4v) is 1.92. The van der Waals surface area contributed by atoms with Crippen molar-refractivity contribution in [2.45, 2.75) is 59.3 Å². The van der Waals surface area contributed by atoms with Crippen LogP contribution < -0.4 is 9.47 Å². The molecule has 0 aliphatic heterocycles. The van der Waals surface area contributed by atoms with E-state index in [9.17, 15) is 4.39 Å². The second-order valence-corrected chi connectivity index (χ2v) is 5.19. The van der Waals surface area contributed by atoms with E-state index in [1.807, 2.05) is 13.8 Å². The van der Waals surface area contributed by atoms with E-state index in [0.29, 0.717) is 43.1 Å². The first-order valence-corrected chi connectivity index (χ1v) is 8.26. The lowest BCUT2D eigenvalue weighted by atomic mass is 10.1. The van der Waals surface area contributed by atoms with Crippen LogP contribution in [-0.2, 0) is 6.42 Å². The quantitative estimate of drug-likeness (QED) is 0.588. The monoisotopic (exact) mass is 306 g/mol. The summed E-state index contributed by atoms with van der Waals surface area (Å²) < 4.78 is 25.5. The molecule has 1 aromatic rings. The molecule has 0 fully saturated rings. The number of benzene rings is 1. The van der Waals surface area contributed by atoms with Gasteiger partial charge in [0, 0.05) is 18.9 Å². The maximum absolute atomic E-state index is 14.2. The number of hydrogen-bond acceptors (Lipinski definition) is 2. The van der Waals surface area contributed by atoms with Crippen molar-refractivity contribution < 1.29 is 13.9 Å². The zero-order chi connectivity index (χ0) is 16.2. The van der Waals surface area contributed by atoms with E-state index in [1.165, 1.54) is 6.07 Å². The Labute approximate surface area is 134 Å². The molecule has 0 heterocycles. The molecule has 3 heteroatoms.